The van der Waals surface area contributed by atoms with Crippen molar-refractivity contribution in [3.05, 3.63) is 47.0 Å². The summed E-state index contributed by atoms with van der Waals surface area (Å²) in [4.78, 5) is 0. The maximum Gasteiger partial charge on any atom is 0.186 e. The number of rotatable bonds is 6. The van der Waals surface area contributed by atoms with Crippen molar-refractivity contribution in [3.8, 4) is 23.6 Å². The third-order valence-electron chi connectivity index (χ3n) is 3.28. The fourth-order valence-corrected chi connectivity index (χ4v) is 2.21. The zero-order valence-corrected chi connectivity index (χ0v) is 13.7. The molecule has 0 heterocycles. The molecule has 2 aromatic carbocycles. The van der Waals surface area contributed by atoms with E-state index in [2.05, 4.69) is 5.32 Å². The molecule has 0 radical (unpaired) electrons. The molecule has 0 unspecified atom stereocenters. The third-order valence-corrected chi connectivity index (χ3v) is 3.28. The highest BCUT2D eigenvalue weighted by atomic mass is 19.1. The molecule has 0 spiro atoms. The Bertz CT molecular complexity index is 853. The lowest BCUT2D eigenvalue weighted by Gasteiger charge is -2.16. The van der Waals surface area contributed by atoms with Crippen LogP contribution in [0.3, 0.4) is 0 Å². The summed E-state index contributed by atoms with van der Waals surface area (Å²) in [5, 5.41) is 20.8. The van der Waals surface area contributed by atoms with E-state index in [4.69, 9.17) is 20.0 Å². The van der Waals surface area contributed by atoms with Crippen molar-refractivity contribution in [3.63, 3.8) is 0 Å². The Morgan fingerprint density at radius 1 is 0.920 bits per heavy atom. The number of hydrogen-bond donors (Lipinski definition) is 1. The van der Waals surface area contributed by atoms with Crippen LogP contribution >= 0.6 is 0 Å². The average Bonchev–Trinajstić information content (AvgIpc) is 2.62. The zero-order chi connectivity index (χ0) is 18.4. The van der Waals surface area contributed by atoms with Crippen LogP contribution in [0.1, 0.15) is 25.0 Å². The highest BCUT2D eigenvalue weighted by Crippen LogP contribution is 2.38. The summed E-state index contributed by atoms with van der Waals surface area (Å²) in [5.41, 5.74) is -1.24. The van der Waals surface area contributed by atoms with E-state index in [1.807, 2.05) is 6.92 Å². The first-order chi connectivity index (χ1) is 12.1. The Hall–Kier alpha value is -3.32. The number of anilines is 2. The van der Waals surface area contributed by atoms with Crippen molar-refractivity contribution in [1.29, 1.82) is 10.5 Å². The number of ether oxygens (including phenoxy) is 2. The van der Waals surface area contributed by atoms with Gasteiger partial charge in [-0.25, -0.2) is 8.78 Å². The van der Waals surface area contributed by atoms with Gasteiger partial charge in [0.05, 0.1) is 13.2 Å². The minimum Gasteiger partial charge on any atom is -0.494 e. The molecule has 0 bridgehead atoms. The summed E-state index contributed by atoms with van der Waals surface area (Å²) >= 11 is 0. The van der Waals surface area contributed by atoms with E-state index in [-0.39, 0.29) is 12.3 Å². The van der Waals surface area contributed by atoms with Crippen LogP contribution < -0.4 is 14.8 Å². The first-order valence-corrected chi connectivity index (χ1v) is 7.55. The Morgan fingerprint density at radius 3 is 2.00 bits per heavy atom. The van der Waals surface area contributed by atoms with Crippen molar-refractivity contribution in [2.24, 2.45) is 0 Å². The van der Waals surface area contributed by atoms with Gasteiger partial charge in [-0.05, 0) is 38.1 Å². The van der Waals surface area contributed by atoms with E-state index in [1.54, 1.807) is 31.2 Å². The summed E-state index contributed by atoms with van der Waals surface area (Å²) < 4.78 is 39.6. The number of hydrogen-bond acceptors (Lipinski definition) is 5. The molecule has 0 saturated carbocycles. The first-order valence-electron chi connectivity index (χ1n) is 7.55. The van der Waals surface area contributed by atoms with Crippen LogP contribution in [0, 0.1) is 34.3 Å². The minimum atomic E-state index is -1.07. The molecule has 0 amide bonds. The largest absolute Gasteiger partial charge is 0.494 e. The molecule has 2 aromatic rings. The van der Waals surface area contributed by atoms with E-state index < -0.39 is 28.5 Å². The van der Waals surface area contributed by atoms with Crippen molar-refractivity contribution >= 4 is 11.4 Å². The third kappa shape index (κ3) is 3.61. The van der Waals surface area contributed by atoms with E-state index in [1.165, 1.54) is 12.1 Å². The predicted octanol–water partition coefficient (Wildman–Crippen LogP) is 4.25. The van der Waals surface area contributed by atoms with Gasteiger partial charge in [0.15, 0.2) is 17.4 Å². The Morgan fingerprint density at radius 2 is 1.48 bits per heavy atom. The van der Waals surface area contributed by atoms with Crippen molar-refractivity contribution in [2.45, 2.75) is 13.8 Å². The lowest BCUT2D eigenvalue weighted by Crippen LogP contribution is -2.07. The lowest BCUT2D eigenvalue weighted by molar-refractivity contribution is 0.321. The molecule has 0 aliphatic carbocycles. The molecule has 0 saturated heterocycles. The molecule has 0 aliphatic rings. The highest BCUT2D eigenvalue weighted by molar-refractivity contribution is 5.72. The standard InChI is InChI=1S/C18H15F2N3O2/c1-3-24-12-7-5-11(6-8-12)23-17-15(19)13(9-21)14(10-22)16(20)18(17)25-4-2/h5-8,23H,3-4H2,1-2H3. The molecule has 0 fully saturated rings. The molecule has 0 atom stereocenters. The van der Waals surface area contributed by atoms with Crippen LogP contribution in [-0.4, -0.2) is 13.2 Å². The van der Waals surface area contributed by atoms with Crippen molar-refractivity contribution in [2.75, 3.05) is 18.5 Å². The maximum atomic E-state index is 14.7. The Labute approximate surface area is 144 Å². The van der Waals surface area contributed by atoms with Gasteiger partial charge in [0, 0.05) is 5.69 Å². The van der Waals surface area contributed by atoms with Gasteiger partial charge in [0.25, 0.3) is 0 Å². The van der Waals surface area contributed by atoms with Crippen LogP contribution in [0.2, 0.25) is 0 Å². The molecule has 2 rings (SSSR count). The number of benzene rings is 2. The molecule has 128 valence electrons. The molecule has 5 nitrogen and oxygen atoms in total. The summed E-state index contributed by atoms with van der Waals surface area (Å²) in [7, 11) is 0. The molecule has 25 heavy (non-hydrogen) atoms. The minimum absolute atomic E-state index is 0.0606. The fourth-order valence-electron chi connectivity index (χ4n) is 2.21. The summed E-state index contributed by atoms with van der Waals surface area (Å²) in [6.45, 7) is 4.01. The van der Waals surface area contributed by atoms with Crippen LogP contribution in [-0.2, 0) is 0 Å². The topological polar surface area (TPSA) is 78.1 Å². The van der Waals surface area contributed by atoms with Crippen molar-refractivity contribution in [1.82, 2.24) is 0 Å². The SMILES string of the molecule is CCOc1ccc(Nc2c(F)c(C#N)c(C#N)c(F)c2OCC)cc1. The quantitative estimate of drug-likeness (QED) is 0.848. The summed E-state index contributed by atoms with van der Waals surface area (Å²) in [6.07, 6.45) is 0. The second kappa shape index (κ2) is 7.98. The highest BCUT2D eigenvalue weighted by Gasteiger charge is 2.26. The van der Waals surface area contributed by atoms with Gasteiger partial charge in [-0.1, -0.05) is 0 Å². The van der Waals surface area contributed by atoms with Crippen LogP contribution in [0.5, 0.6) is 11.5 Å². The molecular weight excluding hydrogens is 328 g/mol. The molecular formula is C18H15F2N3O2. The van der Waals surface area contributed by atoms with E-state index in [0.717, 1.165) is 0 Å². The van der Waals surface area contributed by atoms with Gasteiger partial charge in [-0.3, -0.25) is 0 Å². The smallest absolute Gasteiger partial charge is 0.186 e. The molecule has 0 aromatic heterocycles. The van der Waals surface area contributed by atoms with Crippen LogP contribution in [0.25, 0.3) is 0 Å². The van der Waals surface area contributed by atoms with Crippen LogP contribution in [0.4, 0.5) is 20.2 Å². The monoisotopic (exact) mass is 343 g/mol. The number of nitriles is 2. The fraction of sp³-hybridized carbons (Fsp3) is 0.222. The first kappa shape index (κ1) is 18.0. The Balaban J connectivity index is 2.54. The van der Waals surface area contributed by atoms with Gasteiger partial charge >= 0.3 is 0 Å². The predicted molar refractivity (Wildman–Crippen MR) is 87.9 cm³/mol. The normalized spacial score (nSPS) is 9.84. The molecule has 0 aliphatic heterocycles. The van der Waals surface area contributed by atoms with Gasteiger partial charge in [0.2, 0.25) is 0 Å². The van der Waals surface area contributed by atoms with Gasteiger partial charge in [-0.15, -0.1) is 0 Å². The lowest BCUT2D eigenvalue weighted by atomic mass is 10.1. The van der Waals surface area contributed by atoms with Gasteiger partial charge in [0.1, 0.15) is 34.7 Å². The van der Waals surface area contributed by atoms with E-state index >= 15 is 0 Å². The molecule has 1 N–H and O–H groups in total. The van der Waals surface area contributed by atoms with Crippen molar-refractivity contribution < 1.29 is 18.3 Å². The molecule has 7 heteroatoms. The number of halogens is 2. The number of nitrogens with one attached hydrogen (secondary N) is 1. The van der Waals surface area contributed by atoms with Gasteiger partial charge in [-0.2, -0.15) is 10.5 Å². The Kier molecular flexibility index (Phi) is 5.75. The zero-order valence-electron chi connectivity index (χ0n) is 13.7. The van der Waals surface area contributed by atoms with E-state index in [9.17, 15) is 8.78 Å². The van der Waals surface area contributed by atoms with Gasteiger partial charge < -0.3 is 14.8 Å². The summed E-state index contributed by atoms with van der Waals surface area (Å²) in [6, 6.07) is 9.58. The second-order valence-electron chi connectivity index (χ2n) is 4.82. The van der Waals surface area contributed by atoms with Crippen LogP contribution in [0.15, 0.2) is 24.3 Å². The average molecular weight is 343 g/mol. The van der Waals surface area contributed by atoms with E-state index in [0.29, 0.717) is 18.0 Å². The second-order valence-corrected chi connectivity index (χ2v) is 4.82. The maximum absolute atomic E-state index is 14.7. The number of nitrogens with zero attached hydrogens (tertiary/aromatic N) is 2. The summed E-state index contributed by atoms with van der Waals surface area (Å²) in [5.74, 6) is -1.93.